The smallest absolute Gasteiger partial charge is 0.481 e. The molecule has 6 heteroatoms. The normalized spacial score (nSPS) is 11.8. The predicted molar refractivity (Wildman–Crippen MR) is 104 cm³/mol. The van der Waals surface area contributed by atoms with E-state index in [2.05, 4.69) is 0 Å². The van der Waals surface area contributed by atoms with Gasteiger partial charge >= 0.3 is 14.8 Å². The molecule has 0 aromatic carbocycles. The van der Waals surface area contributed by atoms with Crippen LogP contribution in [0.25, 0.3) is 0 Å². The van der Waals surface area contributed by atoms with E-state index in [0.717, 1.165) is 25.3 Å². The van der Waals surface area contributed by atoms with Crippen LogP contribution >= 0.6 is 0 Å². The minimum Gasteiger partial charge on any atom is -0.481 e. The molecule has 0 rings (SSSR count). The van der Waals surface area contributed by atoms with Crippen LogP contribution in [-0.4, -0.2) is 39.7 Å². The molecule has 0 amide bonds. The van der Waals surface area contributed by atoms with Gasteiger partial charge in [0, 0.05) is 32.3 Å². The molecule has 0 spiro atoms. The average molecular weight is 377 g/mol. The van der Waals surface area contributed by atoms with Gasteiger partial charge in [-0.15, -0.1) is 0 Å². The fourth-order valence-corrected chi connectivity index (χ4v) is 5.72. The van der Waals surface area contributed by atoms with E-state index in [0.29, 0.717) is 26.2 Å². The summed E-state index contributed by atoms with van der Waals surface area (Å²) >= 11 is 0. The summed E-state index contributed by atoms with van der Waals surface area (Å²) in [5.74, 6) is -0.676. The van der Waals surface area contributed by atoms with Crippen molar-refractivity contribution in [3.63, 3.8) is 0 Å². The van der Waals surface area contributed by atoms with Crippen LogP contribution in [0.3, 0.4) is 0 Å². The molecule has 0 aliphatic heterocycles. The Morgan fingerprint density at radius 2 is 1.04 bits per heavy atom. The molecule has 0 fully saturated rings. The van der Waals surface area contributed by atoms with Crippen LogP contribution in [0.2, 0.25) is 6.04 Å². The highest BCUT2D eigenvalue weighted by Crippen LogP contribution is 2.21. The lowest BCUT2D eigenvalue weighted by molar-refractivity contribution is -0.137. The van der Waals surface area contributed by atoms with Crippen molar-refractivity contribution < 1.29 is 23.2 Å². The minimum absolute atomic E-state index is 0.316. The molecule has 0 atom stereocenters. The van der Waals surface area contributed by atoms with Crippen molar-refractivity contribution in [3.05, 3.63) is 0 Å². The number of aliphatic carboxylic acids is 1. The Labute approximate surface area is 155 Å². The molecule has 25 heavy (non-hydrogen) atoms. The van der Waals surface area contributed by atoms with Crippen molar-refractivity contribution in [2.24, 2.45) is 0 Å². The summed E-state index contributed by atoms with van der Waals surface area (Å²) in [7, 11) is -2.44. The number of carbonyl (C=O) groups is 1. The van der Waals surface area contributed by atoms with Crippen LogP contribution < -0.4 is 0 Å². The van der Waals surface area contributed by atoms with Gasteiger partial charge in [0.2, 0.25) is 0 Å². The third-order valence-electron chi connectivity index (χ3n) is 4.22. The molecule has 0 heterocycles. The molecule has 0 saturated heterocycles. The van der Waals surface area contributed by atoms with Crippen molar-refractivity contribution in [1.29, 1.82) is 0 Å². The number of carboxylic acids is 1. The molecule has 0 radical (unpaired) electrons. The van der Waals surface area contributed by atoms with Crippen molar-refractivity contribution in [2.75, 3.05) is 19.8 Å². The quantitative estimate of drug-likeness (QED) is 0.241. The van der Waals surface area contributed by atoms with E-state index >= 15 is 0 Å². The first-order valence-electron chi connectivity index (χ1n) is 10.2. The monoisotopic (exact) mass is 376 g/mol. The molecule has 1 N–H and O–H groups in total. The first-order chi connectivity index (χ1) is 12.1. The highest BCUT2D eigenvalue weighted by Gasteiger charge is 2.39. The molecule has 0 aromatic rings. The van der Waals surface area contributed by atoms with E-state index in [-0.39, 0.29) is 0 Å². The highest BCUT2D eigenvalue weighted by molar-refractivity contribution is 6.60. The molecule has 0 aliphatic rings. The molecule has 0 aliphatic carbocycles. The first-order valence-corrected chi connectivity index (χ1v) is 12.2. The van der Waals surface area contributed by atoms with Gasteiger partial charge in [-0.25, -0.2) is 0 Å². The number of unbranched alkanes of at least 4 members (excludes halogenated alkanes) is 9. The van der Waals surface area contributed by atoms with Gasteiger partial charge in [0.1, 0.15) is 0 Å². The topological polar surface area (TPSA) is 65.0 Å². The van der Waals surface area contributed by atoms with Gasteiger partial charge in [-0.1, -0.05) is 51.4 Å². The summed E-state index contributed by atoms with van der Waals surface area (Å²) in [6.07, 6.45) is 12.0. The van der Waals surface area contributed by atoms with Gasteiger partial charge in [0.05, 0.1) is 0 Å². The van der Waals surface area contributed by atoms with Crippen molar-refractivity contribution >= 4 is 14.8 Å². The Hall–Kier alpha value is -0.433. The van der Waals surface area contributed by atoms with Crippen LogP contribution in [-0.2, 0) is 18.1 Å². The van der Waals surface area contributed by atoms with Gasteiger partial charge in [0.25, 0.3) is 0 Å². The zero-order chi connectivity index (χ0) is 18.8. The van der Waals surface area contributed by atoms with E-state index in [1.54, 1.807) is 0 Å². The largest absolute Gasteiger partial charge is 0.500 e. The molecule has 0 bridgehead atoms. The minimum atomic E-state index is -2.44. The lowest BCUT2D eigenvalue weighted by Gasteiger charge is -2.28. The van der Waals surface area contributed by atoms with Gasteiger partial charge in [-0.2, -0.15) is 0 Å². The summed E-state index contributed by atoms with van der Waals surface area (Å²) in [4.78, 5) is 10.4. The molecule has 5 nitrogen and oxygen atoms in total. The Morgan fingerprint density at radius 1 is 0.680 bits per heavy atom. The SMILES string of the molecule is CCO[Si](CCCCCCCCCCCCC(=O)O)(OCC)OCC. The lowest BCUT2D eigenvalue weighted by atomic mass is 10.1. The number of carboxylic acid groups (broad SMARTS) is 1. The molecular weight excluding hydrogens is 336 g/mol. The summed E-state index contributed by atoms with van der Waals surface area (Å²) in [5.41, 5.74) is 0. The number of hydrogen-bond donors (Lipinski definition) is 1. The zero-order valence-corrected chi connectivity index (χ0v) is 17.7. The Balaban J connectivity index is 3.61. The van der Waals surface area contributed by atoms with E-state index in [9.17, 15) is 4.79 Å². The Kier molecular flexibility index (Phi) is 16.7. The maximum absolute atomic E-state index is 10.4. The second-order valence-electron chi connectivity index (χ2n) is 6.41. The second kappa shape index (κ2) is 17.0. The molecule has 0 aromatic heterocycles. The maximum atomic E-state index is 10.4. The first kappa shape index (κ1) is 24.6. The maximum Gasteiger partial charge on any atom is 0.500 e. The van der Waals surface area contributed by atoms with E-state index in [4.69, 9.17) is 18.4 Å². The predicted octanol–water partition coefficient (Wildman–Crippen LogP) is 5.41. The summed E-state index contributed by atoms with van der Waals surface area (Å²) in [6, 6.07) is 0.923. The fraction of sp³-hybridized carbons (Fsp3) is 0.947. The van der Waals surface area contributed by atoms with Crippen molar-refractivity contribution in [3.8, 4) is 0 Å². The Morgan fingerprint density at radius 3 is 1.40 bits per heavy atom. The molecular formula is C19H40O5Si. The van der Waals surface area contributed by atoms with Gasteiger partial charge in [-0.3, -0.25) is 4.79 Å². The van der Waals surface area contributed by atoms with Gasteiger partial charge in [-0.05, 0) is 33.6 Å². The average Bonchev–Trinajstić information content (AvgIpc) is 2.56. The number of hydrogen-bond acceptors (Lipinski definition) is 4. The van der Waals surface area contributed by atoms with Crippen molar-refractivity contribution in [2.45, 2.75) is 97.4 Å². The second-order valence-corrected chi connectivity index (χ2v) is 9.14. The number of rotatable bonds is 19. The molecule has 0 saturated carbocycles. The van der Waals surface area contributed by atoms with Crippen LogP contribution in [0.1, 0.15) is 91.4 Å². The van der Waals surface area contributed by atoms with Gasteiger partial charge < -0.3 is 18.4 Å². The fourth-order valence-electron chi connectivity index (χ4n) is 3.03. The molecule has 150 valence electrons. The summed E-state index contributed by atoms with van der Waals surface area (Å²) < 4.78 is 17.6. The van der Waals surface area contributed by atoms with Crippen LogP contribution in [0.15, 0.2) is 0 Å². The molecule has 0 unspecified atom stereocenters. The third-order valence-corrected chi connectivity index (χ3v) is 7.37. The van der Waals surface area contributed by atoms with Crippen LogP contribution in [0.4, 0.5) is 0 Å². The Bertz CT molecular complexity index is 295. The van der Waals surface area contributed by atoms with Crippen LogP contribution in [0.5, 0.6) is 0 Å². The zero-order valence-electron chi connectivity index (χ0n) is 16.7. The van der Waals surface area contributed by atoms with E-state index < -0.39 is 14.8 Å². The lowest BCUT2D eigenvalue weighted by Crippen LogP contribution is -2.45. The standard InChI is InChI=1S/C19H40O5Si/c1-4-22-25(23-5-2,24-6-3)18-16-14-12-10-8-7-9-11-13-15-17-19(20)21/h4-18H2,1-3H3,(H,20,21). The highest BCUT2D eigenvalue weighted by atomic mass is 28.4. The van der Waals surface area contributed by atoms with E-state index in [1.165, 1.54) is 44.9 Å². The summed E-state index contributed by atoms with van der Waals surface area (Å²) in [5, 5.41) is 8.58. The summed E-state index contributed by atoms with van der Waals surface area (Å²) in [6.45, 7) is 7.96. The van der Waals surface area contributed by atoms with E-state index in [1.807, 2.05) is 20.8 Å². The van der Waals surface area contributed by atoms with Crippen molar-refractivity contribution in [1.82, 2.24) is 0 Å². The van der Waals surface area contributed by atoms with Gasteiger partial charge in [0.15, 0.2) is 0 Å². The third kappa shape index (κ3) is 14.4. The van der Waals surface area contributed by atoms with Crippen LogP contribution in [0, 0.1) is 0 Å².